The van der Waals surface area contributed by atoms with Crippen molar-refractivity contribution in [2.24, 2.45) is 10.5 Å². The Balaban J connectivity index is 1.59. The lowest BCUT2D eigenvalue weighted by molar-refractivity contribution is -0.127. The number of rotatable bonds is 2. The summed E-state index contributed by atoms with van der Waals surface area (Å²) in [6.07, 6.45) is 1.90. The molecule has 28 heavy (non-hydrogen) atoms. The maximum atomic E-state index is 13.2. The van der Waals surface area contributed by atoms with Crippen molar-refractivity contribution in [3.8, 4) is 0 Å². The van der Waals surface area contributed by atoms with Crippen LogP contribution in [0.15, 0.2) is 23.3 Å². The van der Waals surface area contributed by atoms with Crippen molar-refractivity contribution in [1.82, 2.24) is 5.01 Å². The van der Waals surface area contributed by atoms with Gasteiger partial charge in [-0.25, -0.2) is 0 Å². The first kappa shape index (κ1) is 19.5. The van der Waals surface area contributed by atoms with Crippen LogP contribution in [0.1, 0.15) is 47.1 Å². The van der Waals surface area contributed by atoms with Gasteiger partial charge in [0.05, 0.1) is 17.7 Å². The normalized spacial score (nSPS) is 27.5. The molecule has 0 saturated carbocycles. The predicted molar refractivity (Wildman–Crippen MR) is 112 cm³/mol. The molecule has 2 saturated heterocycles. The predicted octanol–water partition coefficient (Wildman–Crippen LogP) is 2.34. The van der Waals surface area contributed by atoms with E-state index in [0.717, 1.165) is 23.3 Å². The minimum Gasteiger partial charge on any atom is -0.399 e. The van der Waals surface area contributed by atoms with Crippen LogP contribution in [0.5, 0.6) is 0 Å². The molecule has 0 bridgehead atoms. The fourth-order valence-corrected chi connectivity index (χ4v) is 4.18. The fourth-order valence-electron chi connectivity index (χ4n) is 4.18. The van der Waals surface area contributed by atoms with Gasteiger partial charge >= 0.3 is 7.12 Å². The highest BCUT2D eigenvalue weighted by Gasteiger charge is 2.52. The minimum absolute atomic E-state index is 0.111. The molecule has 7 heteroatoms. The van der Waals surface area contributed by atoms with Gasteiger partial charge < -0.3 is 14.2 Å². The number of piperazine rings is 1. The van der Waals surface area contributed by atoms with Crippen molar-refractivity contribution in [2.75, 3.05) is 18.0 Å². The molecule has 6 nitrogen and oxygen atoms in total. The molecule has 1 unspecified atom stereocenters. The summed E-state index contributed by atoms with van der Waals surface area (Å²) in [6, 6.07) is 5.88. The molecule has 3 aliphatic heterocycles. The molecule has 1 amide bonds. The molecule has 1 atom stereocenters. The number of hydrazone groups is 1. The molecule has 150 valence electrons. The van der Waals surface area contributed by atoms with Crippen molar-refractivity contribution >= 4 is 30.4 Å². The second kappa shape index (κ2) is 6.07. The number of hydrogen-bond acceptors (Lipinski definition) is 5. The molecule has 3 heterocycles. The smallest absolute Gasteiger partial charge is 0.399 e. The van der Waals surface area contributed by atoms with Crippen LogP contribution in [0.25, 0.3) is 0 Å². The number of amides is 1. The first-order valence-corrected chi connectivity index (χ1v) is 10.0. The molecule has 0 N–H and O–H groups in total. The highest BCUT2D eigenvalue weighted by molar-refractivity contribution is 6.62. The number of carbonyl (C=O) groups is 1. The van der Waals surface area contributed by atoms with E-state index in [1.165, 1.54) is 0 Å². The number of aryl methyl sites for hydroxylation is 1. The Morgan fingerprint density at radius 3 is 2.32 bits per heavy atom. The average Bonchev–Trinajstić information content (AvgIpc) is 3.01. The zero-order chi connectivity index (χ0) is 20.5. The van der Waals surface area contributed by atoms with Crippen LogP contribution in [-0.4, -0.2) is 54.6 Å². The summed E-state index contributed by atoms with van der Waals surface area (Å²) < 4.78 is 12.3. The second-order valence-electron chi connectivity index (χ2n) is 9.76. The maximum absolute atomic E-state index is 13.2. The average molecular weight is 383 g/mol. The molecular formula is C21H30BN3O3. The molecule has 3 aliphatic rings. The summed E-state index contributed by atoms with van der Waals surface area (Å²) in [6.45, 7) is 15.8. The Bertz CT molecular complexity index is 833. The number of hydrogen-bond donors (Lipinski definition) is 0. The number of benzene rings is 1. The lowest BCUT2D eigenvalue weighted by atomic mass is 9.78. The summed E-state index contributed by atoms with van der Waals surface area (Å²) >= 11 is 0. The van der Waals surface area contributed by atoms with E-state index < -0.39 is 7.12 Å². The van der Waals surface area contributed by atoms with Crippen LogP contribution in [0.4, 0.5) is 5.69 Å². The number of anilines is 1. The monoisotopic (exact) mass is 383 g/mol. The van der Waals surface area contributed by atoms with Gasteiger partial charge in [0.2, 0.25) is 0 Å². The van der Waals surface area contributed by atoms with Crippen molar-refractivity contribution in [2.45, 2.75) is 65.7 Å². The van der Waals surface area contributed by atoms with Crippen molar-refractivity contribution in [3.63, 3.8) is 0 Å². The third-order valence-electron chi connectivity index (χ3n) is 6.63. The van der Waals surface area contributed by atoms with Gasteiger partial charge in [-0.3, -0.25) is 9.80 Å². The summed E-state index contributed by atoms with van der Waals surface area (Å²) in [5.41, 5.74) is 1.98. The van der Waals surface area contributed by atoms with Gasteiger partial charge in [0, 0.05) is 23.9 Å². The van der Waals surface area contributed by atoms with Crippen LogP contribution < -0.4 is 10.4 Å². The lowest BCUT2D eigenvalue weighted by Crippen LogP contribution is -2.58. The molecule has 4 rings (SSSR count). The van der Waals surface area contributed by atoms with E-state index in [2.05, 4.69) is 52.7 Å². The zero-order valence-corrected chi connectivity index (χ0v) is 17.9. The minimum atomic E-state index is -0.396. The van der Waals surface area contributed by atoms with E-state index in [1.54, 1.807) is 0 Å². The van der Waals surface area contributed by atoms with Gasteiger partial charge in [0.1, 0.15) is 6.04 Å². The standard InChI is InChI=1S/C21H30BN3O3/c1-14-12-15(22-27-20(4,5)21(6,7)28-22)8-9-16(14)24-10-11-25-17(18(24)26)19(2,3)13-23-25/h8-9,12-13,17H,10-11H2,1-7H3. The van der Waals surface area contributed by atoms with Crippen LogP contribution in [0, 0.1) is 12.3 Å². The van der Waals surface area contributed by atoms with Crippen LogP contribution >= 0.6 is 0 Å². The molecule has 1 aromatic carbocycles. The highest BCUT2D eigenvalue weighted by Crippen LogP contribution is 2.37. The van der Waals surface area contributed by atoms with Gasteiger partial charge in [0.15, 0.2) is 0 Å². The molecule has 2 fully saturated rings. The van der Waals surface area contributed by atoms with Gasteiger partial charge in [0.25, 0.3) is 5.91 Å². The lowest BCUT2D eigenvalue weighted by Gasteiger charge is -2.40. The summed E-state index contributed by atoms with van der Waals surface area (Å²) in [4.78, 5) is 15.1. The van der Waals surface area contributed by atoms with Gasteiger partial charge in [-0.2, -0.15) is 5.10 Å². The number of carbonyl (C=O) groups excluding carboxylic acids is 1. The van der Waals surface area contributed by atoms with Crippen molar-refractivity contribution < 1.29 is 14.1 Å². The van der Waals surface area contributed by atoms with E-state index in [9.17, 15) is 4.79 Å². The molecule has 0 aromatic heterocycles. The van der Waals surface area contributed by atoms with E-state index in [4.69, 9.17) is 9.31 Å². The second-order valence-corrected chi connectivity index (χ2v) is 9.76. The highest BCUT2D eigenvalue weighted by atomic mass is 16.7. The molecule has 0 spiro atoms. The Kier molecular flexibility index (Phi) is 4.22. The van der Waals surface area contributed by atoms with Gasteiger partial charge in [-0.05, 0) is 51.7 Å². The Morgan fingerprint density at radius 2 is 1.71 bits per heavy atom. The number of nitrogens with zero attached hydrogens (tertiary/aromatic N) is 3. The van der Waals surface area contributed by atoms with E-state index >= 15 is 0 Å². The third-order valence-corrected chi connectivity index (χ3v) is 6.63. The van der Waals surface area contributed by atoms with E-state index in [-0.39, 0.29) is 28.6 Å². The number of fused-ring (bicyclic) bond motifs is 1. The first-order chi connectivity index (χ1) is 12.9. The summed E-state index contributed by atoms with van der Waals surface area (Å²) in [5, 5.41) is 6.36. The molecule has 0 aliphatic carbocycles. The fraction of sp³-hybridized carbons (Fsp3) is 0.619. The van der Waals surface area contributed by atoms with Gasteiger partial charge in [-0.1, -0.05) is 26.0 Å². The van der Waals surface area contributed by atoms with Crippen molar-refractivity contribution in [1.29, 1.82) is 0 Å². The van der Waals surface area contributed by atoms with E-state index in [0.29, 0.717) is 6.54 Å². The quantitative estimate of drug-likeness (QED) is 0.736. The Labute approximate surface area is 168 Å². The van der Waals surface area contributed by atoms with Gasteiger partial charge in [-0.15, -0.1) is 0 Å². The molecule has 0 radical (unpaired) electrons. The summed E-state index contributed by atoms with van der Waals surface area (Å²) in [7, 11) is -0.396. The van der Waals surface area contributed by atoms with Crippen LogP contribution in [0.2, 0.25) is 0 Å². The third kappa shape index (κ3) is 2.87. The Hall–Kier alpha value is -1.86. The van der Waals surface area contributed by atoms with Crippen molar-refractivity contribution in [3.05, 3.63) is 23.8 Å². The van der Waals surface area contributed by atoms with E-state index in [1.807, 2.05) is 35.2 Å². The Morgan fingerprint density at radius 1 is 1.07 bits per heavy atom. The largest absolute Gasteiger partial charge is 0.494 e. The maximum Gasteiger partial charge on any atom is 0.494 e. The topological polar surface area (TPSA) is 54.4 Å². The first-order valence-electron chi connectivity index (χ1n) is 10.0. The van der Waals surface area contributed by atoms with Crippen LogP contribution in [0.3, 0.4) is 0 Å². The summed E-state index contributed by atoms with van der Waals surface area (Å²) in [5.74, 6) is 0.111. The molecule has 1 aromatic rings. The molecular weight excluding hydrogens is 353 g/mol. The van der Waals surface area contributed by atoms with Crippen LogP contribution in [-0.2, 0) is 14.1 Å². The SMILES string of the molecule is Cc1cc(B2OC(C)(C)C(C)(C)O2)ccc1N1CCN2N=CC(C)(C)C2C1=O. The zero-order valence-electron chi connectivity index (χ0n) is 17.9.